The third kappa shape index (κ3) is 1.58. The number of benzene rings is 1. The van der Waals surface area contributed by atoms with Crippen LogP contribution in [0.4, 0.5) is 20.2 Å². The van der Waals surface area contributed by atoms with Crippen LogP contribution in [-0.2, 0) is 0 Å². The van der Waals surface area contributed by atoms with Gasteiger partial charge in [-0.05, 0) is 18.2 Å². The summed E-state index contributed by atoms with van der Waals surface area (Å²) < 4.78 is 24.1. The average Bonchev–Trinajstić information content (AvgIpc) is 1.85. The van der Waals surface area contributed by atoms with Crippen molar-refractivity contribution >= 4 is 11.4 Å². The summed E-state index contributed by atoms with van der Waals surface area (Å²) in [6, 6.07) is 3.95. The Morgan fingerprint density at radius 2 is 1.82 bits per heavy atom. The fraction of sp³-hybridized carbons (Fsp3) is 0.143. The van der Waals surface area contributed by atoms with Gasteiger partial charge in [-0.1, -0.05) is 0 Å². The van der Waals surface area contributed by atoms with Crippen LogP contribution in [0.5, 0.6) is 0 Å². The summed E-state index contributed by atoms with van der Waals surface area (Å²) in [6.07, 6.45) is -2.53. The first-order valence-corrected chi connectivity index (χ1v) is 3.04. The molecule has 1 aromatic carbocycles. The van der Waals surface area contributed by atoms with Crippen molar-refractivity contribution in [2.75, 3.05) is 11.5 Å². The monoisotopic (exact) mass is 158 g/mol. The van der Waals surface area contributed by atoms with E-state index in [9.17, 15) is 8.78 Å². The predicted octanol–water partition coefficient (Wildman–Crippen LogP) is 1.79. The van der Waals surface area contributed by atoms with Gasteiger partial charge in [-0.2, -0.15) is 0 Å². The van der Waals surface area contributed by atoms with E-state index in [0.717, 1.165) is 0 Å². The lowest BCUT2D eigenvalue weighted by molar-refractivity contribution is 0.152. The lowest BCUT2D eigenvalue weighted by Crippen LogP contribution is -1.96. The van der Waals surface area contributed by atoms with Gasteiger partial charge in [0.15, 0.2) is 0 Å². The summed E-state index contributed by atoms with van der Waals surface area (Å²) in [5.74, 6) is 0. The molecule has 1 rings (SSSR count). The van der Waals surface area contributed by atoms with Gasteiger partial charge in [0.05, 0.1) is 0 Å². The van der Waals surface area contributed by atoms with Crippen LogP contribution >= 0.6 is 0 Å². The number of anilines is 2. The molecule has 0 saturated heterocycles. The molecule has 0 spiro atoms. The molecule has 0 radical (unpaired) electrons. The highest BCUT2D eigenvalue weighted by atomic mass is 19.3. The highest BCUT2D eigenvalue weighted by molar-refractivity contribution is 5.56. The van der Waals surface area contributed by atoms with Crippen LogP contribution in [0.2, 0.25) is 0 Å². The molecule has 60 valence electrons. The minimum absolute atomic E-state index is 0.0417. The zero-order chi connectivity index (χ0) is 8.43. The average molecular weight is 158 g/mol. The van der Waals surface area contributed by atoms with Crippen LogP contribution in [0.25, 0.3) is 0 Å². The quantitative estimate of drug-likeness (QED) is 0.612. The van der Waals surface area contributed by atoms with Crippen molar-refractivity contribution in [1.29, 1.82) is 0 Å². The summed E-state index contributed by atoms with van der Waals surface area (Å²) in [6.45, 7) is 0. The second-order valence-corrected chi connectivity index (χ2v) is 2.19. The number of hydrogen-bond acceptors (Lipinski definition) is 2. The van der Waals surface area contributed by atoms with Gasteiger partial charge >= 0.3 is 0 Å². The van der Waals surface area contributed by atoms with E-state index in [1.54, 1.807) is 0 Å². The molecule has 0 aliphatic rings. The molecule has 0 heterocycles. The molecule has 0 aromatic heterocycles. The van der Waals surface area contributed by atoms with Crippen molar-refractivity contribution in [1.82, 2.24) is 0 Å². The molecule has 0 bridgehead atoms. The van der Waals surface area contributed by atoms with Crippen LogP contribution < -0.4 is 11.5 Å². The molecule has 0 unspecified atom stereocenters. The Kier molecular flexibility index (Phi) is 1.94. The lowest BCUT2D eigenvalue weighted by Gasteiger charge is -2.03. The summed E-state index contributed by atoms with van der Waals surface area (Å²) >= 11 is 0. The zero-order valence-corrected chi connectivity index (χ0v) is 5.72. The molecule has 0 fully saturated rings. The van der Waals surface area contributed by atoms with Gasteiger partial charge < -0.3 is 11.5 Å². The smallest absolute Gasteiger partial charge is 0.265 e. The minimum Gasteiger partial charge on any atom is -0.399 e. The number of hydrogen-bond donors (Lipinski definition) is 2. The maximum atomic E-state index is 12.0. The Hall–Kier alpha value is -1.32. The molecule has 4 heteroatoms. The number of nitrogen functional groups attached to an aromatic ring is 2. The van der Waals surface area contributed by atoms with E-state index in [0.29, 0.717) is 5.69 Å². The van der Waals surface area contributed by atoms with E-state index in [4.69, 9.17) is 11.5 Å². The normalized spacial score (nSPS) is 10.5. The second kappa shape index (κ2) is 2.74. The van der Waals surface area contributed by atoms with E-state index in [2.05, 4.69) is 0 Å². The van der Waals surface area contributed by atoms with Crippen molar-refractivity contribution in [2.24, 2.45) is 0 Å². The van der Waals surface area contributed by atoms with E-state index in [1.807, 2.05) is 0 Å². The summed E-state index contributed by atoms with van der Waals surface area (Å²) in [5.41, 5.74) is 10.8. The Bertz CT molecular complexity index is 261. The molecular formula is C7H8F2N2. The Morgan fingerprint density at radius 3 is 2.27 bits per heavy atom. The highest BCUT2D eigenvalue weighted by Crippen LogP contribution is 2.25. The molecule has 0 amide bonds. The van der Waals surface area contributed by atoms with Gasteiger partial charge in [-0.15, -0.1) is 0 Å². The Balaban J connectivity index is 3.09. The first-order chi connectivity index (χ1) is 5.11. The molecule has 1 aromatic rings. The lowest BCUT2D eigenvalue weighted by atomic mass is 10.2. The molecule has 11 heavy (non-hydrogen) atoms. The topological polar surface area (TPSA) is 52.0 Å². The Morgan fingerprint density at radius 1 is 1.18 bits per heavy atom. The molecule has 2 nitrogen and oxygen atoms in total. The molecule has 0 aliphatic carbocycles. The van der Waals surface area contributed by atoms with Gasteiger partial charge in [0.1, 0.15) is 0 Å². The van der Waals surface area contributed by atoms with E-state index in [1.165, 1.54) is 18.2 Å². The largest absolute Gasteiger partial charge is 0.399 e. The fourth-order valence-electron chi connectivity index (χ4n) is 0.792. The highest BCUT2D eigenvalue weighted by Gasteiger charge is 2.09. The van der Waals surface area contributed by atoms with Gasteiger partial charge in [0.2, 0.25) is 0 Å². The summed E-state index contributed by atoms with van der Waals surface area (Å²) in [5, 5.41) is 0. The first kappa shape index (κ1) is 7.78. The van der Waals surface area contributed by atoms with Crippen LogP contribution in [-0.4, -0.2) is 0 Å². The third-order valence-electron chi connectivity index (χ3n) is 1.35. The molecule has 0 atom stereocenters. The van der Waals surface area contributed by atoms with Crippen molar-refractivity contribution in [3.63, 3.8) is 0 Å². The maximum Gasteiger partial charge on any atom is 0.265 e. The zero-order valence-electron chi connectivity index (χ0n) is 5.72. The summed E-state index contributed by atoms with van der Waals surface area (Å²) in [4.78, 5) is 0. The van der Waals surface area contributed by atoms with E-state index < -0.39 is 6.43 Å². The Labute approximate surface area is 62.8 Å². The van der Waals surface area contributed by atoms with Crippen LogP contribution in [0, 0.1) is 0 Å². The number of nitrogens with two attached hydrogens (primary N) is 2. The number of halogens is 2. The van der Waals surface area contributed by atoms with Gasteiger partial charge in [0, 0.05) is 16.9 Å². The maximum absolute atomic E-state index is 12.0. The number of rotatable bonds is 1. The van der Waals surface area contributed by atoms with E-state index >= 15 is 0 Å². The van der Waals surface area contributed by atoms with Crippen molar-refractivity contribution < 1.29 is 8.78 Å². The standard InChI is InChI=1S/C7H8F2N2/c8-7(9)5-2-1-4(10)3-6(5)11/h1-3,7H,10-11H2. The van der Waals surface area contributed by atoms with Gasteiger partial charge in [-0.25, -0.2) is 8.78 Å². The van der Waals surface area contributed by atoms with Crippen molar-refractivity contribution in [3.05, 3.63) is 23.8 Å². The van der Waals surface area contributed by atoms with Gasteiger partial charge in [0.25, 0.3) is 6.43 Å². The van der Waals surface area contributed by atoms with Crippen LogP contribution in [0.3, 0.4) is 0 Å². The van der Waals surface area contributed by atoms with Crippen molar-refractivity contribution in [3.8, 4) is 0 Å². The molecular weight excluding hydrogens is 150 g/mol. The first-order valence-electron chi connectivity index (χ1n) is 3.04. The third-order valence-corrected chi connectivity index (χ3v) is 1.35. The fourth-order valence-corrected chi connectivity index (χ4v) is 0.792. The molecule has 0 saturated carbocycles. The number of alkyl halides is 2. The van der Waals surface area contributed by atoms with Crippen molar-refractivity contribution in [2.45, 2.75) is 6.43 Å². The van der Waals surface area contributed by atoms with Crippen LogP contribution in [0.1, 0.15) is 12.0 Å². The van der Waals surface area contributed by atoms with E-state index in [-0.39, 0.29) is 11.3 Å². The second-order valence-electron chi connectivity index (χ2n) is 2.19. The van der Waals surface area contributed by atoms with Gasteiger partial charge in [-0.3, -0.25) is 0 Å². The molecule has 4 N–H and O–H groups in total. The van der Waals surface area contributed by atoms with Crippen LogP contribution in [0.15, 0.2) is 18.2 Å². The minimum atomic E-state index is -2.53. The SMILES string of the molecule is Nc1ccc(C(F)F)c(N)c1. The predicted molar refractivity (Wildman–Crippen MR) is 40.2 cm³/mol. The summed E-state index contributed by atoms with van der Waals surface area (Å²) in [7, 11) is 0. The molecule has 0 aliphatic heterocycles.